The van der Waals surface area contributed by atoms with Crippen molar-refractivity contribution in [1.82, 2.24) is 4.90 Å². The van der Waals surface area contributed by atoms with Crippen molar-refractivity contribution in [2.45, 2.75) is 36.6 Å². The lowest BCUT2D eigenvalue weighted by Crippen LogP contribution is -2.44. The maximum absolute atomic E-state index is 10.0. The van der Waals surface area contributed by atoms with Gasteiger partial charge in [0, 0.05) is 17.0 Å². The van der Waals surface area contributed by atoms with E-state index < -0.39 is 12.3 Å². The van der Waals surface area contributed by atoms with Gasteiger partial charge in [0.2, 0.25) is 0 Å². The van der Waals surface area contributed by atoms with Crippen LogP contribution in [0.3, 0.4) is 0 Å². The summed E-state index contributed by atoms with van der Waals surface area (Å²) in [7, 11) is 5.19. The molecule has 0 radical (unpaired) electrons. The first-order valence-corrected chi connectivity index (χ1v) is 8.20. The highest BCUT2D eigenvalue weighted by Crippen LogP contribution is 2.48. The van der Waals surface area contributed by atoms with Gasteiger partial charge in [-0.15, -0.1) is 0 Å². The number of nitrogens with two attached hydrogens (primary N) is 1. The Labute approximate surface area is 142 Å². The van der Waals surface area contributed by atoms with Gasteiger partial charge in [-0.2, -0.15) is 0 Å². The van der Waals surface area contributed by atoms with E-state index in [1.807, 2.05) is 18.2 Å². The van der Waals surface area contributed by atoms with Gasteiger partial charge in [-0.3, -0.25) is 0 Å². The third-order valence-electron chi connectivity index (χ3n) is 5.45. The zero-order valence-corrected chi connectivity index (χ0v) is 14.4. The number of ether oxygens (including phenoxy) is 2. The number of nitrogens with zero attached hydrogens (tertiary/aromatic N) is 1. The SMILES string of the molecule is COc1cc([C@@]23C=C[C@H](O)C[C@@H]2N(C)CC3)cc(C(N)O)c1OC. The molecular formula is C18H26N2O4. The molecule has 2 aliphatic rings. The first kappa shape index (κ1) is 17.2. The van der Waals surface area contributed by atoms with Gasteiger partial charge < -0.3 is 30.3 Å². The summed E-state index contributed by atoms with van der Waals surface area (Å²) in [5.41, 5.74) is 7.06. The predicted octanol–water partition coefficient (Wildman–Crippen LogP) is 0.916. The minimum absolute atomic E-state index is 0.193. The molecule has 1 aliphatic carbocycles. The predicted molar refractivity (Wildman–Crippen MR) is 91.2 cm³/mol. The molecule has 1 heterocycles. The number of aliphatic hydroxyl groups excluding tert-OH is 2. The van der Waals surface area contributed by atoms with Crippen molar-refractivity contribution >= 4 is 0 Å². The molecule has 1 aromatic carbocycles. The van der Waals surface area contributed by atoms with Crippen LogP contribution in [-0.2, 0) is 5.41 Å². The first-order chi connectivity index (χ1) is 11.4. The van der Waals surface area contributed by atoms with Crippen molar-refractivity contribution in [2.24, 2.45) is 5.73 Å². The molecule has 1 saturated heterocycles. The smallest absolute Gasteiger partial charge is 0.167 e. The number of hydrogen-bond donors (Lipinski definition) is 3. The van der Waals surface area contributed by atoms with Gasteiger partial charge in [0.25, 0.3) is 0 Å². The number of aliphatic hydroxyl groups is 2. The van der Waals surface area contributed by atoms with Crippen molar-refractivity contribution in [3.8, 4) is 11.5 Å². The summed E-state index contributed by atoms with van der Waals surface area (Å²) >= 11 is 0. The Kier molecular flexibility index (Phi) is 4.57. The Morgan fingerprint density at radius 2 is 2.08 bits per heavy atom. The number of methoxy groups -OCH3 is 2. The van der Waals surface area contributed by atoms with Crippen molar-refractivity contribution in [3.05, 3.63) is 35.4 Å². The Morgan fingerprint density at radius 3 is 2.71 bits per heavy atom. The second-order valence-electron chi connectivity index (χ2n) is 6.69. The quantitative estimate of drug-likeness (QED) is 0.560. The van der Waals surface area contributed by atoms with Crippen LogP contribution in [0.25, 0.3) is 0 Å². The fourth-order valence-electron chi connectivity index (χ4n) is 4.17. The molecule has 0 saturated carbocycles. The summed E-state index contributed by atoms with van der Waals surface area (Å²) in [6, 6.07) is 4.05. The molecule has 1 aromatic rings. The third-order valence-corrected chi connectivity index (χ3v) is 5.45. The lowest BCUT2D eigenvalue weighted by molar-refractivity contribution is 0.137. The van der Waals surface area contributed by atoms with Gasteiger partial charge in [-0.05, 0) is 44.1 Å². The van der Waals surface area contributed by atoms with E-state index in [-0.39, 0.29) is 11.5 Å². The zero-order chi connectivity index (χ0) is 17.5. The second kappa shape index (κ2) is 6.37. The van der Waals surface area contributed by atoms with E-state index in [4.69, 9.17) is 15.2 Å². The van der Waals surface area contributed by atoms with Gasteiger partial charge in [0.15, 0.2) is 11.5 Å². The van der Waals surface area contributed by atoms with E-state index in [0.29, 0.717) is 23.5 Å². The molecule has 6 nitrogen and oxygen atoms in total. The fraction of sp³-hybridized carbons (Fsp3) is 0.556. The molecule has 1 aliphatic heterocycles. The number of fused-ring (bicyclic) bond motifs is 1. The van der Waals surface area contributed by atoms with E-state index in [1.54, 1.807) is 7.11 Å². The molecule has 0 amide bonds. The van der Waals surface area contributed by atoms with Gasteiger partial charge >= 0.3 is 0 Å². The molecule has 132 valence electrons. The highest BCUT2D eigenvalue weighted by atomic mass is 16.5. The Hall–Kier alpha value is -1.60. The molecule has 4 atom stereocenters. The van der Waals surface area contributed by atoms with Crippen LogP contribution in [0, 0.1) is 0 Å². The largest absolute Gasteiger partial charge is 0.493 e. The van der Waals surface area contributed by atoms with Crippen LogP contribution in [0.15, 0.2) is 24.3 Å². The summed E-state index contributed by atoms with van der Waals surface area (Å²) in [4.78, 5) is 2.28. The molecular weight excluding hydrogens is 308 g/mol. The molecule has 0 bridgehead atoms. The Morgan fingerprint density at radius 1 is 1.33 bits per heavy atom. The van der Waals surface area contributed by atoms with E-state index in [2.05, 4.69) is 18.0 Å². The number of likely N-dealkylation sites (tertiary alicyclic amines) is 1. The topological polar surface area (TPSA) is 88.2 Å². The monoisotopic (exact) mass is 334 g/mol. The van der Waals surface area contributed by atoms with Crippen LogP contribution >= 0.6 is 0 Å². The molecule has 4 N–H and O–H groups in total. The van der Waals surface area contributed by atoms with Crippen molar-refractivity contribution in [2.75, 3.05) is 27.8 Å². The van der Waals surface area contributed by atoms with Crippen LogP contribution in [0.1, 0.15) is 30.2 Å². The minimum Gasteiger partial charge on any atom is -0.493 e. The standard InChI is InChI=1S/C18H26N2O4/c1-20-7-6-18(5-4-12(21)10-15(18)20)11-8-13(17(19)22)16(24-3)14(9-11)23-2/h4-5,8-9,12,15,17,21-22H,6-7,10,19H2,1-3H3/t12-,15-,17?,18-/m0/s1. The van der Waals surface area contributed by atoms with Crippen LogP contribution in [0.5, 0.6) is 11.5 Å². The summed E-state index contributed by atoms with van der Waals surface area (Å²) in [6.45, 7) is 0.941. The van der Waals surface area contributed by atoms with Crippen molar-refractivity contribution < 1.29 is 19.7 Å². The van der Waals surface area contributed by atoms with Crippen LogP contribution in [0.4, 0.5) is 0 Å². The average Bonchev–Trinajstić information content (AvgIpc) is 2.91. The molecule has 0 spiro atoms. The van der Waals surface area contributed by atoms with Gasteiger partial charge in [-0.25, -0.2) is 0 Å². The van der Waals surface area contributed by atoms with Crippen LogP contribution < -0.4 is 15.2 Å². The summed E-state index contributed by atoms with van der Waals surface area (Å²) < 4.78 is 10.9. The number of hydrogen-bond acceptors (Lipinski definition) is 6. The molecule has 24 heavy (non-hydrogen) atoms. The van der Waals surface area contributed by atoms with Crippen molar-refractivity contribution in [3.63, 3.8) is 0 Å². The third kappa shape index (κ3) is 2.59. The number of likely N-dealkylation sites (N-methyl/N-ethyl adjacent to an activating group) is 1. The Bertz CT molecular complexity index is 646. The minimum atomic E-state index is -1.15. The zero-order valence-electron chi connectivity index (χ0n) is 14.4. The Balaban J connectivity index is 2.18. The van der Waals surface area contributed by atoms with Gasteiger partial charge in [0.1, 0.15) is 6.23 Å². The highest BCUT2D eigenvalue weighted by molar-refractivity contribution is 5.54. The molecule has 3 rings (SSSR count). The van der Waals surface area contributed by atoms with Crippen LogP contribution in [-0.4, -0.2) is 55.1 Å². The van der Waals surface area contributed by atoms with Crippen molar-refractivity contribution in [1.29, 1.82) is 0 Å². The van der Waals surface area contributed by atoms with E-state index in [1.165, 1.54) is 7.11 Å². The highest BCUT2D eigenvalue weighted by Gasteiger charge is 2.48. The van der Waals surface area contributed by atoms with E-state index in [9.17, 15) is 10.2 Å². The van der Waals surface area contributed by atoms with Crippen LogP contribution in [0.2, 0.25) is 0 Å². The lowest BCUT2D eigenvalue weighted by atomic mass is 9.69. The molecule has 6 heteroatoms. The average molecular weight is 334 g/mol. The van der Waals surface area contributed by atoms with Gasteiger partial charge in [0.05, 0.1) is 20.3 Å². The second-order valence-corrected chi connectivity index (χ2v) is 6.69. The first-order valence-electron chi connectivity index (χ1n) is 8.20. The van der Waals surface area contributed by atoms with Gasteiger partial charge in [-0.1, -0.05) is 12.2 Å². The maximum Gasteiger partial charge on any atom is 0.167 e. The molecule has 1 fully saturated rings. The normalized spacial score (nSPS) is 30.9. The molecule has 1 unspecified atom stereocenters. The maximum atomic E-state index is 10.0. The summed E-state index contributed by atoms with van der Waals surface area (Å²) in [5.74, 6) is 1.01. The summed E-state index contributed by atoms with van der Waals surface area (Å²) in [6.07, 6.45) is 4.01. The van der Waals surface area contributed by atoms with E-state index in [0.717, 1.165) is 18.5 Å². The molecule has 0 aromatic heterocycles. The number of rotatable bonds is 4. The van der Waals surface area contributed by atoms with E-state index >= 15 is 0 Å². The fourth-order valence-corrected chi connectivity index (χ4v) is 4.17. The lowest BCUT2D eigenvalue weighted by Gasteiger charge is -2.40. The number of benzene rings is 1. The summed E-state index contributed by atoms with van der Waals surface area (Å²) in [5, 5.41) is 20.0.